The van der Waals surface area contributed by atoms with Gasteiger partial charge in [0.15, 0.2) is 0 Å². The van der Waals surface area contributed by atoms with Crippen molar-refractivity contribution in [1.29, 1.82) is 0 Å². The maximum atomic E-state index is 11.0. The van der Waals surface area contributed by atoms with E-state index in [9.17, 15) is 13.5 Å². The molecular formula is C12H20N2O4S. The van der Waals surface area contributed by atoms with Gasteiger partial charge in [0, 0.05) is 0 Å². The van der Waals surface area contributed by atoms with Gasteiger partial charge in [0.1, 0.15) is 5.76 Å². The predicted molar refractivity (Wildman–Crippen MR) is 69.8 cm³/mol. The Kier molecular flexibility index (Phi) is 4.62. The van der Waals surface area contributed by atoms with Gasteiger partial charge in [0.25, 0.3) is 10.0 Å². The van der Waals surface area contributed by atoms with Crippen LogP contribution in [0, 0.1) is 5.92 Å². The highest BCUT2D eigenvalue weighted by Gasteiger charge is 2.20. The zero-order valence-electron chi connectivity index (χ0n) is 10.7. The Balaban J connectivity index is 1.78. The third kappa shape index (κ3) is 4.31. The Morgan fingerprint density at radius 3 is 2.84 bits per heavy atom. The summed E-state index contributed by atoms with van der Waals surface area (Å²) in [6, 6.07) is 2.96. The standard InChI is InChI=1S/C12H20N2O4S/c13-19(16,17)12-5-4-11(18-12)8-14-7-9-2-1-3-10(15)6-9/h4-5,9-10,14-15H,1-3,6-8H2,(H2,13,16,17). The summed E-state index contributed by atoms with van der Waals surface area (Å²) in [5, 5.41) is 17.5. The SMILES string of the molecule is NS(=O)(=O)c1ccc(CNCC2CCCC(O)C2)o1. The van der Waals surface area contributed by atoms with Crippen molar-refractivity contribution >= 4 is 10.0 Å². The van der Waals surface area contributed by atoms with Crippen molar-refractivity contribution in [2.24, 2.45) is 11.1 Å². The van der Waals surface area contributed by atoms with E-state index in [1.165, 1.54) is 6.07 Å². The maximum Gasteiger partial charge on any atom is 0.271 e. The van der Waals surface area contributed by atoms with Gasteiger partial charge in [-0.05, 0) is 43.9 Å². The molecule has 0 radical (unpaired) electrons. The van der Waals surface area contributed by atoms with E-state index in [-0.39, 0.29) is 11.2 Å². The Labute approximate surface area is 113 Å². The topological polar surface area (TPSA) is 106 Å². The second-order valence-corrected chi connectivity index (χ2v) is 6.58. The molecule has 2 rings (SSSR count). The first-order valence-corrected chi connectivity index (χ1v) is 8.00. The van der Waals surface area contributed by atoms with Crippen LogP contribution in [0.15, 0.2) is 21.6 Å². The smallest absolute Gasteiger partial charge is 0.271 e. The van der Waals surface area contributed by atoms with Crippen LogP contribution in [0.5, 0.6) is 0 Å². The van der Waals surface area contributed by atoms with Gasteiger partial charge in [-0.1, -0.05) is 6.42 Å². The van der Waals surface area contributed by atoms with Gasteiger partial charge in [-0.3, -0.25) is 0 Å². The summed E-state index contributed by atoms with van der Waals surface area (Å²) < 4.78 is 27.2. The lowest BCUT2D eigenvalue weighted by atomic mass is 9.87. The molecule has 0 aromatic carbocycles. The second kappa shape index (κ2) is 6.04. The number of rotatable bonds is 5. The quantitative estimate of drug-likeness (QED) is 0.734. The highest BCUT2D eigenvalue weighted by molar-refractivity contribution is 7.89. The summed E-state index contributed by atoms with van der Waals surface area (Å²) >= 11 is 0. The molecule has 2 unspecified atom stereocenters. The van der Waals surface area contributed by atoms with E-state index in [0.717, 1.165) is 32.2 Å². The molecule has 1 aliphatic rings. The van der Waals surface area contributed by atoms with Crippen LogP contribution in [0.3, 0.4) is 0 Å². The number of nitrogens with two attached hydrogens (primary N) is 1. The van der Waals surface area contributed by atoms with Crippen molar-refractivity contribution in [2.45, 2.75) is 43.4 Å². The molecule has 1 aliphatic carbocycles. The number of primary sulfonamides is 1. The molecule has 1 aromatic heterocycles. The maximum absolute atomic E-state index is 11.0. The monoisotopic (exact) mass is 288 g/mol. The molecule has 1 fully saturated rings. The van der Waals surface area contributed by atoms with Crippen molar-refractivity contribution < 1.29 is 17.9 Å². The van der Waals surface area contributed by atoms with Crippen molar-refractivity contribution in [3.8, 4) is 0 Å². The fourth-order valence-corrected chi connectivity index (χ4v) is 2.93. The van der Waals surface area contributed by atoms with E-state index in [1.807, 2.05) is 0 Å². The number of nitrogens with one attached hydrogen (secondary N) is 1. The van der Waals surface area contributed by atoms with E-state index < -0.39 is 10.0 Å². The van der Waals surface area contributed by atoms with E-state index in [1.54, 1.807) is 6.07 Å². The average molecular weight is 288 g/mol. The highest BCUT2D eigenvalue weighted by Crippen LogP contribution is 2.23. The van der Waals surface area contributed by atoms with Crippen LogP contribution in [0.1, 0.15) is 31.4 Å². The van der Waals surface area contributed by atoms with Crippen LogP contribution in [0.4, 0.5) is 0 Å². The minimum Gasteiger partial charge on any atom is -0.447 e. The Hall–Kier alpha value is -0.890. The minimum atomic E-state index is -3.76. The number of sulfonamides is 1. The number of furan rings is 1. The fraction of sp³-hybridized carbons (Fsp3) is 0.667. The molecule has 0 amide bonds. The summed E-state index contributed by atoms with van der Waals surface area (Å²) in [4.78, 5) is 0. The number of aliphatic hydroxyl groups is 1. The molecule has 0 spiro atoms. The van der Waals surface area contributed by atoms with Crippen LogP contribution in [0.25, 0.3) is 0 Å². The van der Waals surface area contributed by atoms with Crippen LogP contribution in [-0.4, -0.2) is 26.2 Å². The first-order chi connectivity index (χ1) is 8.95. The van der Waals surface area contributed by atoms with Gasteiger partial charge in [0.2, 0.25) is 5.09 Å². The molecule has 19 heavy (non-hydrogen) atoms. The van der Waals surface area contributed by atoms with E-state index in [2.05, 4.69) is 5.32 Å². The lowest BCUT2D eigenvalue weighted by Crippen LogP contribution is -2.28. The van der Waals surface area contributed by atoms with Gasteiger partial charge >= 0.3 is 0 Å². The molecule has 0 saturated heterocycles. The Morgan fingerprint density at radius 1 is 1.42 bits per heavy atom. The molecule has 2 atom stereocenters. The lowest BCUT2D eigenvalue weighted by Gasteiger charge is -2.25. The molecule has 0 bridgehead atoms. The zero-order chi connectivity index (χ0) is 13.9. The normalized spacial score (nSPS) is 24.5. The molecule has 1 heterocycles. The van der Waals surface area contributed by atoms with E-state index >= 15 is 0 Å². The van der Waals surface area contributed by atoms with Gasteiger partial charge in [0.05, 0.1) is 12.6 Å². The van der Waals surface area contributed by atoms with E-state index in [0.29, 0.717) is 18.2 Å². The molecular weight excluding hydrogens is 268 g/mol. The van der Waals surface area contributed by atoms with Gasteiger partial charge in [-0.25, -0.2) is 13.6 Å². The number of hydrogen-bond donors (Lipinski definition) is 3. The predicted octanol–water partition coefficient (Wildman–Crippen LogP) is 0.568. The summed E-state index contributed by atoms with van der Waals surface area (Å²) in [6.45, 7) is 1.25. The highest BCUT2D eigenvalue weighted by atomic mass is 32.2. The van der Waals surface area contributed by atoms with Crippen molar-refractivity contribution in [2.75, 3.05) is 6.54 Å². The Morgan fingerprint density at radius 2 is 2.21 bits per heavy atom. The molecule has 7 heteroatoms. The first kappa shape index (κ1) is 14.5. The summed E-state index contributed by atoms with van der Waals surface area (Å²) in [5.74, 6) is 1.01. The van der Waals surface area contributed by atoms with Crippen molar-refractivity contribution in [3.63, 3.8) is 0 Å². The van der Waals surface area contributed by atoms with Crippen LogP contribution in [0.2, 0.25) is 0 Å². The second-order valence-electron chi connectivity index (χ2n) is 5.08. The van der Waals surface area contributed by atoms with Crippen LogP contribution in [-0.2, 0) is 16.6 Å². The molecule has 6 nitrogen and oxygen atoms in total. The summed E-state index contributed by atoms with van der Waals surface area (Å²) in [6.07, 6.45) is 3.72. The zero-order valence-corrected chi connectivity index (χ0v) is 11.5. The third-order valence-electron chi connectivity index (χ3n) is 3.40. The molecule has 1 aromatic rings. The van der Waals surface area contributed by atoms with Crippen molar-refractivity contribution in [1.82, 2.24) is 5.32 Å². The largest absolute Gasteiger partial charge is 0.447 e. The summed E-state index contributed by atoms with van der Waals surface area (Å²) in [7, 11) is -3.76. The molecule has 108 valence electrons. The fourth-order valence-electron chi connectivity index (χ4n) is 2.45. The molecule has 4 N–H and O–H groups in total. The van der Waals surface area contributed by atoms with Crippen LogP contribution >= 0.6 is 0 Å². The summed E-state index contributed by atoms with van der Waals surface area (Å²) in [5.41, 5.74) is 0. The van der Waals surface area contributed by atoms with Crippen molar-refractivity contribution in [3.05, 3.63) is 17.9 Å². The average Bonchev–Trinajstić information content (AvgIpc) is 2.77. The van der Waals surface area contributed by atoms with Gasteiger partial charge < -0.3 is 14.8 Å². The number of hydrogen-bond acceptors (Lipinski definition) is 5. The van der Waals surface area contributed by atoms with Crippen LogP contribution < -0.4 is 10.5 Å². The van der Waals surface area contributed by atoms with Gasteiger partial charge in [-0.15, -0.1) is 0 Å². The first-order valence-electron chi connectivity index (χ1n) is 6.45. The van der Waals surface area contributed by atoms with Gasteiger partial charge in [-0.2, -0.15) is 0 Å². The Bertz CT molecular complexity index is 512. The number of aliphatic hydroxyl groups excluding tert-OH is 1. The molecule has 0 aliphatic heterocycles. The van der Waals surface area contributed by atoms with E-state index in [4.69, 9.17) is 9.56 Å². The lowest BCUT2D eigenvalue weighted by molar-refractivity contribution is 0.100. The molecule has 1 saturated carbocycles. The third-order valence-corrected chi connectivity index (χ3v) is 4.19. The minimum absolute atomic E-state index is 0.182.